The molecule has 0 heterocycles. The Kier molecular flexibility index (Phi) is 15.1. The van der Waals surface area contributed by atoms with Crippen LogP contribution in [-0.4, -0.2) is 0 Å². The highest BCUT2D eigenvalue weighted by molar-refractivity contribution is 5.85. The Hall–Kier alpha value is -10.7. The number of para-hydroxylation sites is 4. The normalized spacial score (nSPS) is 11.2. The van der Waals surface area contributed by atoms with Gasteiger partial charge in [0.2, 0.25) is 0 Å². The number of hydrogen-bond acceptors (Lipinski definition) is 4. The molecule has 0 spiro atoms. The Morgan fingerprint density at radius 1 is 0.138 bits per heavy atom. The van der Waals surface area contributed by atoms with E-state index in [1.165, 1.54) is 11.1 Å². The van der Waals surface area contributed by atoms with Crippen LogP contribution in [0.2, 0.25) is 0 Å². The summed E-state index contributed by atoms with van der Waals surface area (Å²) in [5.41, 5.74) is 19.8. The molecular formula is C76H58N4. The van der Waals surface area contributed by atoms with Crippen LogP contribution in [0.4, 0.5) is 68.2 Å². The molecule has 0 saturated carbocycles. The summed E-state index contributed by atoms with van der Waals surface area (Å²) >= 11 is 0. The highest BCUT2D eigenvalue weighted by atomic mass is 15.2. The molecule has 12 aromatic rings. The topological polar surface area (TPSA) is 13.0 Å². The van der Waals surface area contributed by atoms with E-state index >= 15 is 0 Å². The van der Waals surface area contributed by atoms with E-state index in [1.54, 1.807) is 0 Å². The summed E-state index contributed by atoms with van der Waals surface area (Å²) in [7, 11) is 0. The summed E-state index contributed by atoms with van der Waals surface area (Å²) in [6.45, 7) is 0. The van der Waals surface area contributed by atoms with Crippen molar-refractivity contribution < 1.29 is 0 Å². The zero-order valence-electron chi connectivity index (χ0n) is 44.3. The van der Waals surface area contributed by atoms with Gasteiger partial charge in [-0.05, 0) is 179 Å². The maximum atomic E-state index is 2.33. The van der Waals surface area contributed by atoms with Gasteiger partial charge in [-0.1, -0.05) is 206 Å². The van der Waals surface area contributed by atoms with Crippen molar-refractivity contribution in [1.29, 1.82) is 0 Å². The van der Waals surface area contributed by atoms with Crippen molar-refractivity contribution in [1.82, 2.24) is 0 Å². The maximum Gasteiger partial charge on any atom is 0.0463 e. The van der Waals surface area contributed by atoms with E-state index < -0.39 is 0 Å². The van der Waals surface area contributed by atoms with E-state index in [2.05, 4.69) is 359 Å². The van der Waals surface area contributed by atoms with Crippen molar-refractivity contribution in [2.75, 3.05) is 19.6 Å². The summed E-state index contributed by atoms with van der Waals surface area (Å²) in [6, 6.07) is 116. The molecule has 0 aromatic heterocycles. The van der Waals surface area contributed by atoms with Crippen LogP contribution in [-0.2, 0) is 0 Å². The van der Waals surface area contributed by atoms with Crippen LogP contribution in [0.25, 0.3) is 35.4 Å². The van der Waals surface area contributed by atoms with Gasteiger partial charge in [0.25, 0.3) is 0 Å². The second-order valence-electron chi connectivity index (χ2n) is 19.5. The summed E-state index contributed by atoms with van der Waals surface area (Å²) in [4.78, 5) is 9.26. The van der Waals surface area contributed by atoms with Crippen LogP contribution in [0.5, 0.6) is 0 Å². The number of hydrogen-bond donors (Lipinski definition) is 0. The first-order chi connectivity index (χ1) is 39.7. The molecule has 4 heteroatoms. The van der Waals surface area contributed by atoms with Gasteiger partial charge in [-0.2, -0.15) is 0 Å². The molecule has 80 heavy (non-hydrogen) atoms. The third kappa shape index (κ3) is 11.7. The quantitative estimate of drug-likeness (QED) is 0.0843. The van der Waals surface area contributed by atoms with Crippen molar-refractivity contribution in [3.8, 4) is 11.1 Å². The molecule has 0 amide bonds. The average molecular weight is 1030 g/mol. The Bertz CT molecular complexity index is 3570. The van der Waals surface area contributed by atoms with E-state index in [1.807, 2.05) is 12.1 Å². The average Bonchev–Trinajstić information content (AvgIpc) is 3.54. The summed E-state index contributed by atoms with van der Waals surface area (Å²) in [5, 5.41) is 0. The number of rotatable bonds is 17. The van der Waals surface area contributed by atoms with Crippen molar-refractivity contribution in [3.63, 3.8) is 0 Å². The predicted molar refractivity (Wildman–Crippen MR) is 341 cm³/mol. The Morgan fingerprint density at radius 3 is 0.500 bits per heavy atom. The van der Waals surface area contributed by atoms with Gasteiger partial charge in [0.15, 0.2) is 0 Å². The molecule has 0 N–H and O–H groups in total. The Labute approximate surface area is 470 Å². The van der Waals surface area contributed by atoms with E-state index in [4.69, 9.17) is 0 Å². The summed E-state index contributed by atoms with van der Waals surface area (Å²) in [6.07, 6.45) is 8.66. The van der Waals surface area contributed by atoms with Crippen molar-refractivity contribution >= 4 is 92.6 Å². The number of anilines is 12. The molecular weight excluding hydrogens is 969 g/mol. The van der Waals surface area contributed by atoms with Gasteiger partial charge < -0.3 is 19.6 Å². The molecule has 0 aliphatic rings. The largest absolute Gasteiger partial charge is 0.311 e. The van der Waals surface area contributed by atoms with E-state index in [-0.39, 0.29) is 0 Å². The van der Waals surface area contributed by atoms with Crippen LogP contribution in [0.1, 0.15) is 22.3 Å². The number of benzene rings is 12. The summed E-state index contributed by atoms with van der Waals surface area (Å²) < 4.78 is 0. The minimum absolute atomic E-state index is 1.06. The molecule has 0 bridgehead atoms. The monoisotopic (exact) mass is 1030 g/mol. The lowest BCUT2D eigenvalue weighted by Gasteiger charge is -2.28. The Balaban J connectivity index is 0.860. The standard InChI is InChI=1S/C76H58N4/c1-7-19-59(20-8-1)31-33-61-35-43-69(44-36-61)79(75-55-51-73(52-56-75)77(65-23-11-3-12-24-65)66-25-13-4-14-26-66)71-47-39-63(40-48-71)64-41-49-72(50-42-64)80(70-45-37-62(38-46-70)34-32-60-21-9-2-10-22-60)76-57-53-74(54-58-76)78(67-27-15-5-16-28-67)68-29-17-6-18-30-68/h1-58H. The molecule has 0 radical (unpaired) electrons. The molecule has 0 unspecified atom stereocenters. The van der Waals surface area contributed by atoms with Crippen LogP contribution in [0.3, 0.4) is 0 Å². The van der Waals surface area contributed by atoms with Gasteiger partial charge in [0.1, 0.15) is 0 Å². The van der Waals surface area contributed by atoms with Crippen LogP contribution < -0.4 is 19.6 Å². The highest BCUT2D eigenvalue weighted by Crippen LogP contribution is 2.42. The van der Waals surface area contributed by atoms with Crippen molar-refractivity contribution in [3.05, 3.63) is 350 Å². The second-order valence-corrected chi connectivity index (χ2v) is 19.5. The van der Waals surface area contributed by atoms with E-state index in [0.717, 1.165) is 90.5 Å². The minimum Gasteiger partial charge on any atom is -0.311 e. The molecule has 0 fully saturated rings. The smallest absolute Gasteiger partial charge is 0.0463 e. The van der Waals surface area contributed by atoms with Crippen LogP contribution in [0.15, 0.2) is 328 Å². The molecule has 0 saturated heterocycles. The maximum absolute atomic E-state index is 2.33. The molecule has 12 aromatic carbocycles. The van der Waals surface area contributed by atoms with Gasteiger partial charge in [-0.25, -0.2) is 0 Å². The molecule has 0 aliphatic carbocycles. The second kappa shape index (κ2) is 24.1. The van der Waals surface area contributed by atoms with E-state index in [9.17, 15) is 0 Å². The zero-order chi connectivity index (χ0) is 53.7. The Morgan fingerprint density at radius 2 is 0.287 bits per heavy atom. The molecule has 4 nitrogen and oxygen atoms in total. The predicted octanol–water partition coefficient (Wildman–Crippen LogP) is 21.6. The molecule has 12 rings (SSSR count). The van der Waals surface area contributed by atoms with Crippen LogP contribution >= 0.6 is 0 Å². The van der Waals surface area contributed by atoms with E-state index in [0.29, 0.717) is 0 Å². The first kappa shape index (κ1) is 50.2. The van der Waals surface area contributed by atoms with Crippen molar-refractivity contribution in [2.45, 2.75) is 0 Å². The SMILES string of the molecule is C(=Cc1ccc(N(c2ccc(-c3ccc(N(c4ccc(C=Cc5ccccc5)cc4)c4ccc(N(c5ccccc5)c5ccccc5)cc4)cc3)cc2)c2ccc(N(c3ccccc3)c3ccccc3)cc2)cc1)c1ccccc1. The third-order valence-electron chi connectivity index (χ3n) is 14.2. The first-order valence-electron chi connectivity index (χ1n) is 27.1. The summed E-state index contributed by atoms with van der Waals surface area (Å²) in [5.74, 6) is 0. The van der Waals surface area contributed by atoms with Gasteiger partial charge in [-0.3, -0.25) is 0 Å². The number of nitrogens with zero attached hydrogens (tertiary/aromatic N) is 4. The molecule has 382 valence electrons. The third-order valence-corrected chi connectivity index (χ3v) is 14.2. The van der Waals surface area contributed by atoms with Crippen LogP contribution in [0, 0.1) is 0 Å². The highest BCUT2D eigenvalue weighted by Gasteiger charge is 2.19. The molecule has 0 aliphatic heterocycles. The van der Waals surface area contributed by atoms with Crippen molar-refractivity contribution in [2.24, 2.45) is 0 Å². The zero-order valence-corrected chi connectivity index (χ0v) is 44.3. The fraction of sp³-hybridized carbons (Fsp3) is 0. The van der Waals surface area contributed by atoms with Gasteiger partial charge in [-0.15, -0.1) is 0 Å². The lowest BCUT2D eigenvalue weighted by atomic mass is 10.0. The fourth-order valence-electron chi connectivity index (χ4n) is 10.2. The minimum atomic E-state index is 1.06. The molecule has 0 atom stereocenters. The van der Waals surface area contributed by atoms with Gasteiger partial charge in [0, 0.05) is 68.2 Å². The fourth-order valence-corrected chi connectivity index (χ4v) is 10.2. The first-order valence-corrected chi connectivity index (χ1v) is 27.1. The van der Waals surface area contributed by atoms with Gasteiger partial charge in [0.05, 0.1) is 0 Å². The lowest BCUT2D eigenvalue weighted by Crippen LogP contribution is -2.12. The van der Waals surface area contributed by atoms with Gasteiger partial charge >= 0.3 is 0 Å². The lowest BCUT2D eigenvalue weighted by molar-refractivity contribution is 1.25.